The Bertz CT molecular complexity index is 1020. The lowest BCUT2D eigenvalue weighted by molar-refractivity contribution is -0.138. The molecular formula is C19H15ClN2O5. The van der Waals surface area contributed by atoms with E-state index in [0.29, 0.717) is 27.3 Å². The molecule has 3 rings (SSSR count). The zero-order valence-electron chi connectivity index (χ0n) is 14.1. The van der Waals surface area contributed by atoms with E-state index < -0.39 is 17.9 Å². The van der Waals surface area contributed by atoms with E-state index in [-0.39, 0.29) is 11.4 Å². The molecule has 0 bridgehead atoms. The summed E-state index contributed by atoms with van der Waals surface area (Å²) in [5.74, 6) is -1.18. The van der Waals surface area contributed by atoms with Gasteiger partial charge in [0.2, 0.25) is 0 Å². The number of carboxylic acids is 1. The van der Waals surface area contributed by atoms with Gasteiger partial charge in [-0.05, 0) is 49.4 Å². The SMILES string of the molecule is C[C@H](NC(=O)c1ncc2cc(Oc3ccc(Cl)cc3)ccc2c1O)C(=O)O. The lowest BCUT2D eigenvalue weighted by Crippen LogP contribution is -2.38. The summed E-state index contributed by atoms with van der Waals surface area (Å²) in [4.78, 5) is 26.9. The third-order valence-corrected chi connectivity index (χ3v) is 4.07. The van der Waals surface area contributed by atoms with Crippen LogP contribution in [-0.2, 0) is 4.79 Å². The number of pyridine rings is 1. The molecule has 1 amide bonds. The minimum absolute atomic E-state index is 0.248. The third kappa shape index (κ3) is 4.09. The molecule has 0 aliphatic heterocycles. The number of amides is 1. The molecule has 0 unspecified atom stereocenters. The van der Waals surface area contributed by atoms with E-state index in [0.717, 1.165) is 0 Å². The fourth-order valence-corrected chi connectivity index (χ4v) is 2.51. The maximum absolute atomic E-state index is 12.1. The largest absolute Gasteiger partial charge is 0.505 e. The first-order valence-electron chi connectivity index (χ1n) is 7.94. The first-order valence-corrected chi connectivity index (χ1v) is 8.32. The molecule has 0 saturated heterocycles. The molecule has 1 aromatic heterocycles. The van der Waals surface area contributed by atoms with Gasteiger partial charge < -0.3 is 20.3 Å². The first kappa shape index (κ1) is 18.5. The number of hydrogen-bond acceptors (Lipinski definition) is 5. The van der Waals surface area contributed by atoms with Crippen molar-refractivity contribution in [1.29, 1.82) is 0 Å². The molecule has 138 valence electrons. The minimum Gasteiger partial charge on any atom is -0.505 e. The van der Waals surface area contributed by atoms with Gasteiger partial charge in [-0.15, -0.1) is 0 Å². The number of aromatic hydroxyl groups is 1. The van der Waals surface area contributed by atoms with E-state index in [9.17, 15) is 14.7 Å². The van der Waals surface area contributed by atoms with Crippen molar-refractivity contribution in [1.82, 2.24) is 10.3 Å². The second-order valence-corrected chi connectivity index (χ2v) is 6.23. The maximum Gasteiger partial charge on any atom is 0.325 e. The molecule has 0 fully saturated rings. The van der Waals surface area contributed by atoms with Crippen molar-refractivity contribution in [2.24, 2.45) is 0 Å². The maximum atomic E-state index is 12.1. The quantitative estimate of drug-likeness (QED) is 0.618. The Kier molecular flexibility index (Phi) is 5.14. The molecule has 0 saturated carbocycles. The predicted molar refractivity (Wildman–Crippen MR) is 99.5 cm³/mol. The van der Waals surface area contributed by atoms with E-state index in [1.807, 2.05) is 0 Å². The number of aliphatic carboxylic acids is 1. The highest BCUT2D eigenvalue weighted by atomic mass is 35.5. The number of nitrogens with one attached hydrogen (secondary N) is 1. The molecule has 27 heavy (non-hydrogen) atoms. The number of carbonyl (C=O) groups excluding carboxylic acids is 1. The number of fused-ring (bicyclic) bond motifs is 1. The second kappa shape index (κ2) is 7.51. The number of nitrogens with zero attached hydrogens (tertiary/aromatic N) is 1. The van der Waals surface area contributed by atoms with Crippen LogP contribution in [0.4, 0.5) is 0 Å². The molecule has 2 aromatic carbocycles. The van der Waals surface area contributed by atoms with Crippen LogP contribution in [0.3, 0.4) is 0 Å². The van der Waals surface area contributed by atoms with Gasteiger partial charge in [0.25, 0.3) is 5.91 Å². The zero-order chi connectivity index (χ0) is 19.6. The van der Waals surface area contributed by atoms with Gasteiger partial charge >= 0.3 is 5.97 Å². The van der Waals surface area contributed by atoms with Crippen LogP contribution in [0.2, 0.25) is 5.02 Å². The monoisotopic (exact) mass is 386 g/mol. The molecule has 3 N–H and O–H groups in total. The fourth-order valence-electron chi connectivity index (χ4n) is 2.38. The Morgan fingerprint density at radius 3 is 2.48 bits per heavy atom. The lowest BCUT2D eigenvalue weighted by atomic mass is 10.1. The van der Waals surface area contributed by atoms with Crippen molar-refractivity contribution in [2.75, 3.05) is 0 Å². The van der Waals surface area contributed by atoms with Crippen LogP contribution in [0.15, 0.2) is 48.7 Å². The number of aromatic nitrogens is 1. The predicted octanol–water partition coefficient (Wildman–Crippen LogP) is 3.59. The number of benzene rings is 2. The average Bonchev–Trinajstić information content (AvgIpc) is 2.63. The van der Waals surface area contributed by atoms with Crippen molar-refractivity contribution >= 4 is 34.2 Å². The molecule has 1 heterocycles. The van der Waals surface area contributed by atoms with Crippen molar-refractivity contribution in [3.05, 3.63) is 59.4 Å². The Labute approximate surface area is 159 Å². The van der Waals surface area contributed by atoms with Gasteiger partial charge in [0, 0.05) is 22.0 Å². The number of halogens is 1. The average molecular weight is 387 g/mol. The van der Waals surface area contributed by atoms with Gasteiger partial charge in [-0.1, -0.05) is 11.6 Å². The zero-order valence-corrected chi connectivity index (χ0v) is 14.9. The van der Waals surface area contributed by atoms with Crippen LogP contribution in [0, 0.1) is 0 Å². The summed E-state index contributed by atoms with van der Waals surface area (Å²) < 4.78 is 5.73. The van der Waals surface area contributed by atoms with E-state index in [2.05, 4.69) is 10.3 Å². The molecular weight excluding hydrogens is 372 g/mol. The van der Waals surface area contributed by atoms with Crippen LogP contribution < -0.4 is 10.1 Å². The van der Waals surface area contributed by atoms with Gasteiger partial charge in [-0.25, -0.2) is 4.98 Å². The van der Waals surface area contributed by atoms with Gasteiger partial charge in [0.1, 0.15) is 17.5 Å². The Morgan fingerprint density at radius 1 is 1.15 bits per heavy atom. The van der Waals surface area contributed by atoms with E-state index in [4.69, 9.17) is 21.4 Å². The van der Waals surface area contributed by atoms with Crippen LogP contribution in [-0.4, -0.2) is 33.1 Å². The van der Waals surface area contributed by atoms with Gasteiger partial charge in [0.15, 0.2) is 11.4 Å². The summed E-state index contributed by atoms with van der Waals surface area (Å²) in [7, 11) is 0. The minimum atomic E-state index is -1.19. The lowest BCUT2D eigenvalue weighted by Gasteiger charge is -2.12. The van der Waals surface area contributed by atoms with Crippen LogP contribution in [0.1, 0.15) is 17.4 Å². The Hall–Kier alpha value is -3.32. The van der Waals surface area contributed by atoms with Crippen LogP contribution in [0.25, 0.3) is 10.8 Å². The highest BCUT2D eigenvalue weighted by Crippen LogP contribution is 2.31. The van der Waals surface area contributed by atoms with E-state index in [1.165, 1.54) is 13.1 Å². The van der Waals surface area contributed by atoms with Gasteiger partial charge in [-0.3, -0.25) is 9.59 Å². The standard InChI is InChI=1S/C19H15ClN2O5/c1-10(19(25)26)22-18(24)16-17(23)15-7-6-14(8-11(15)9-21-16)27-13-4-2-12(20)3-5-13/h2-10,23H,1H3,(H,22,24)(H,25,26)/t10-/m0/s1. The Balaban J connectivity index is 1.87. The topological polar surface area (TPSA) is 109 Å². The van der Waals surface area contributed by atoms with Gasteiger partial charge in [-0.2, -0.15) is 0 Å². The molecule has 0 aliphatic carbocycles. The molecule has 0 aliphatic rings. The summed E-state index contributed by atoms with van der Waals surface area (Å²) >= 11 is 5.84. The number of carboxylic acid groups (broad SMARTS) is 1. The summed E-state index contributed by atoms with van der Waals surface area (Å²) in [6.07, 6.45) is 1.41. The summed E-state index contributed by atoms with van der Waals surface area (Å²) in [6, 6.07) is 10.6. The number of hydrogen-bond donors (Lipinski definition) is 3. The van der Waals surface area contributed by atoms with Crippen molar-refractivity contribution in [3.63, 3.8) is 0 Å². The second-order valence-electron chi connectivity index (χ2n) is 5.79. The summed E-state index contributed by atoms with van der Waals surface area (Å²) in [5, 5.41) is 23.0. The summed E-state index contributed by atoms with van der Waals surface area (Å²) in [6.45, 7) is 1.32. The highest BCUT2D eigenvalue weighted by molar-refractivity contribution is 6.30. The molecule has 0 radical (unpaired) electrons. The summed E-state index contributed by atoms with van der Waals surface area (Å²) in [5.41, 5.74) is -0.248. The molecule has 7 nitrogen and oxygen atoms in total. The number of carbonyl (C=O) groups is 2. The number of ether oxygens (including phenoxy) is 1. The van der Waals surface area contributed by atoms with Crippen molar-refractivity contribution < 1.29 is 24.5 Å². The normalized spacial score (nSPS) is 11.8. The van der Waals surface area contributed by atoms with E-state index in [1.54, 1.807) is 42.5 Å². The van der Waals surface area contributed by atoms with E-state index >= 15 is 0 Å². The third-order valence-electron chi connectivity index (χ3n) is 3.82. The Morgan fingerprint density at radius 2 is 1.81 bits per heavy atom. The van der Waals surface area contributed by atoms with Gasteiger partial charge in [0.05, 0.1) is 0 Å². The van der Waals surface area contributed by atoms with Crippen LogP contribution >= 0.6 is 11.6 Å². The number of rotatable bonds is 5. The smallest absolute Gasteiger partial charge is 0.325 e. The van der Waals surface area contributed by atoms with Crippen molar-refractivity contribution in [2.45, 2.75) is 13.0 Å². The molecule has 8 heteroatoms. The van der Waals surface area contributed by atoms with Crippen molar-refractivity contribution in [3.8, 4) is 17.2 Å². The molecule has 0 spiro atoms. The molecule has 1 atom stereocenters. The fraction of sp³-hybridized carbons (Fsp3) is 0.105. The molecule has 3 aromatic rings. The first-order chi connectivity index (χ1) is 12.8. The van der Waals surface area contributed by atoms with Crippen LogP contribution in [0.5, 0.6) is 17.2 Å². The highest BCUT2D eigenvalue weighted by Gasteiger charge is 2.20.